The molecule has 0 aliphatic carbocycles. The molecule has 0 fully saturated rings. The number of aromatic nitrogens is 2. The highest BCUT2D eigenvalue weighted by Gasteiger charge is 2.09. The van der Waals surface area contributed by atoms with Gasteiger partial charge in [-0.1, -0.05) is 34.5 Å². The number of rotatable bonds is 4. The number of thiocarbonyl (C=S) groups is 1. The highest BCUT2D eigenvalue weighted by molar-refractivity contribution is 7.80. The van der Waals surface area contributed by atoms with Crippen molar-refractivity contribution in [2.45, 2.75) is 13.5 Å². The topological polar surface area (TPSA) is 76.1 Å². The summed E-state index contributed by atoms with van der Waals surface area (Å²) >= 11 is 18.0. The van der Waals surface area contributed by atoms with Gasteiger partial charge < -0.3 is 15.4 Å². The summed E-state index contributed by atoms with van der Waals surface area (Å²) in [7, 11) is 0. The van der Waals surface area contributed by atoms with Crippen LogP contribution in [0.5, 0.6) is 5.75 Å². The summed E-state index contributed by atoms with van der Waals surface area (Å²) in [6.07, 6.45) is 0. The van der Waals surface area contributed by atoms with Crippen LogP contribution in [0, 0.1) is 0 Å². The van der Waals surface area contributed by atoms with Gasteiger partial charge in [-0.3, -0.25) is 4.79 Å². The second-order valence-electron chi connectivity index (χ2n) is 4.00. The van der Waals surface area contributed by atoms with Crippen LogP contribution >= 0.6 is 46.8 Å². The number of benzene rings is 1. The van der Waals surface area contributed by atoms with Crippen molar-refractivity contribution in [3.05, 3.63) is 33.3 Å². The zero-order valence-corrected chi connectivity index (χ0v) is 14.4. The Bertz CT molecular complexity index is 708. The maximum Gasteiger partial charge on any atom is 0.222 e. The van der Waals surface area contributed by atoms with Crippen LogP contribution in [0.3, 0.4) is 0 Å². The van der Waals surface area contributed by atoms with E-state index in [9.17, 15) is 4.79 Å². The van der Waals surface area contributed by atoms with E-state index in [2.05, 4.69) is 20.8 Å². The molecule has 0 atom stereocenters. The molecule has 0 aliphatic rings. The lowest BCUT2D eigenvalue weighted by Gasteiger charge is -2.05. The molecule has 116 valence electrons. The molecule has 1 aromatic carbocycles. The number of anilines is 1. The number of nitrogens with one attached hydrogen (secondary N) is 2. The minimum atomic E-state index is -0.261. The minimum Gasteiger partial charge on any atom is -0.485 e. The van der Waals surface area contributed by atoms with Crippen molar-refractivity contribution in [1.82, 2.24) is 15.5 Å². The molecule has 2 N–H and O–H groups in total. The first-order valence-electron chi connectivity index (χ1n) is 5.93. The summed E-state index contributed by atoms with van der Waals surface area (Å²) in [5.74, 6) is 0.243. The van der Waals surface area contributed by atoms with Crippen molar-refractivity contribution in [3.8, 4) is 5.75 Å². The van der Waals surface area contributed by atoms with E-state index < -0.39 is 0 Å². The number of halogens is 2. The lowest BCUT2D eigenvalue weighted by molar-refractivity contribution is -0.117. The molecule has 2 aromatic rings. The first kappa shape index (κ1) is 16.9. The van der Waals surface area contributed by atoms with Crippen LogP contribution in [-0.2, 0) is 11.4 Å². The van der Waals surface area contributed by atoms with Gasteiger partial charge in [-0.05, 0) is 30.4 Å². The van der Waals surface area contributed by atoms with Gasteiger partial charge in [0.25, 0.3) is 0 Å². The number of hydrogen-bond donors (Lipinski definition) is 2. The molecule has 0 spiro atoms. The molecule has 0 saturated heterocycles. The number of hydrogen-bond acceptors (Lipinski definition) is 6. The average molecular weight is 377 g/mol. The molecule has 0 bridgehead atoms. The SMILES string of the molecule is CC(=O)NC(=S)Nc1nnc(COc2ccc(Cl)cc2Cl)s1. The van der Waals surface area contributed by atoms with Crippen LogP contribution in [0.1, 0.15) is 11.9 Å². The molecule has 6 nitrogen and oxygen atoms in total. The van der Waals surface area contributed by atoms with E-state index in [0.717, 1.165) is 0 Å². The van der Waals surface area contributed by atoms with E-state index in [1.54, 1.807) is 18.2 Å². The number of amides is 1. The first-order chi connectivity index (χ1) is 10.4. The summed E-state index contributed by atoms with van der Waals surface area (Å²) in [6, 6.07) is 4.95. The van der Waals surface area contributed by atoms with E-state index in [1.165, 1.54) is 18.3 Å². The second-order valence-corrected chi connectivity index (χ2v) is 6.31. The minimum absolute atomic E-state index is 0.164. The van der Waals surface area contributed by atoms with Gasteiger partial charge in [0.2, 0.25) is 11.0 Å². The summed E-state index contributed by atoms with van der Waals surface area (Å²) < 4.78 is 5.55. The van der Waals surface area contributed by atoms with E-state index in [0.29, 0.717) is 25.9 Å². The lowest BCUT2D eigenvalue weighted by atomic mass is 10.3. The molecule has 1 aromatic heterocycles. The number of carbonyl (C=O) groups is 1. The molecule has 1 heterocycles. The molecular weight excluding hydrogens is 367 g/mol. The fourth-order valence-electron chi connectivity index (χ4n) is 1.38. The Labute approximate surface area is 145 Å². The first-order valence-corrected chi connectivity index (χ1v) is 7.91. The van der Waals surface area contributed by atoms with Crippen molar-refractivity contribution in [3.63, 3.8) is 0 Å². The monoisotopic (exact) mass is 376 g/mol. The van der Waals surface area contributed by atoms with Gasteiger partial charge in [-0.25, -0.2) is 0 Å². The maximum atomic E-state index is 10.9. The van der Waals surface area contributed by atoms with Crippen LogP contribution in [0.4, 0.5) is 5.13 Å². The van der Waals surface area contributed by atoms with Gasteiger partial charge in [-0.15, -0.1) is 10.2 Å². The van der Waals surface area contributed by atoms with Crippen LogP contribution in [0.2, 0.25) is 10.0 Å². The van der Waals surface area contributed by atoms with Crippen molar-refractivity contribution >= 4 is 62.9 Å². The van der Waals surface area contributed by atoms with Crippen molar-refractivity contribution in [2.75, 3.05) is 5.32 Å². The normalized spacial score (nSPS) is 10.1. The Hall–Kier alpha value is -1.48. The Morgan fingerprint density at radius 2 is 2.18 bits per heavy atom. The number of nitrogens with zero attached hydrogens (tertiary/aromatic N) is 2. The van der Waals surface area contributed by atoms with Crippen LogP contribution in [0.15, 0.2) is 18.2 Å². The predicted octanol–water partition coefficient (Wildman–Crippen LogP) is 3.26. The summed E-state index contributed by atoms with van der Waals surface area (Å²) in [5.41, 5.74) is 0. The van der Waals surface area contributed by atoms with Gasteiger partial charge >= 0.3 is 0 Å². The largest absolute Gasteiger partial charge is 0.485 e. The van der Waals surface area contributed by atoms with Gasteiger partial charge in [0.1, 0.15) is 12.4 Å². The molecular formula is C12H10Cl2N4O2S2. The van der Waals surface area contributed by atoms with Gasteiger partial charge in [0, 0.05) is 11.9 Å². The van der Waals surface area contributed by atoms with Crippen LogP contribution in [-0.4, -0.2) is 21.2 Å². The Kier molecular flexibility index (Phi) is 5.90. The fourth-order valence-corrected chi connectivity index (χ4v) is 2.81. The van der Waals surface area contributed by atoms with E-state index >= 15 is 0 Å². The van der Waals surface area contributed by atoms with E-state index in [1.807, 2.05) is 0 Å². The third-order valence-electron chi connectivity index (χ3n) is 2.22. The quantitative estimate of drug-likeness (QED) is 0.797. The van der Waals surface area contributed by atoms with E-state index in [-0.39, 0.29) is 17.6 Å². The van der Waals surface area contributed by atoms with Gasteiger partial charge in [0.15, 0.2) is 10.1 Å². The third-order valence-corrected chi connectivity index (χ3v) is 3.77. The van der Waals surface area contributed by atoms with Gasteiger partial charge in [0.05, 0.1) is 5.02 Å². The summed E-state index contributed by atoms with van der Waals surface area (Å²) in [4.78, 5) is 10.9. The zero-order valence-electron chi connectivity index (χ0n) is 11.2. The number of carbonyl (C=O) groups excluding carboxylic acids is 1. The summed E-state index contributed by atoms with van der Waals surface area (Å²) in [6.45, 7) is 1.57. The van der Waals surface area contributed by atoms with E-state index in [4.69, 9.17) is 40.2 Å². The second kappa shape index (κ2) is 7.68. The smallest absolute Gasteiger partial charge is 0.222 e. The molecule has 0 aliphatic heterocycles. The van der Waals surface area contributed by atoms with Crippen molar-refractivity contribution in [1.29, 1.82) is 0 Å². The maximum absolute atomic E-state index is 10.9. The molecule has 0 radical (unpaired) electrons. The standard InChI is InChI=1S/C12H10Cl2N4O2S2/c1-6(19)15-11(21)16-12-18-17-10(22-12)5-20-9-3-2-7(13)4-8(9)14/h2-4H,5H2,1H3,(H2,15,16,18,19,21). The van der Waals surface area contributed by atoms with Crippen molar-refractivity contribution < 1.29 is 9.53 Å². The predicted molar refractivity (Wildman–Crippen MR) is 90.7 cm³/mol. The number of ether oxygens (including phenoxy) is 1. The van der Waals surface area contributed by atoms with Crippen LogP contribution < -0.4 is 15.4 Å². The Balaban J connectivity index is 1.92. The molecule has 0 saturated carbocycles. The summed E-state index contributed by atoms with van der Waals surface area (Å²) in [5, 5.41) is 15.2. The Morgan fingerprint density at radius 1 is 1.41 bits per heavy atom. The highest BCUT2D eigenvalue weighted by atomic mass is 35.5. The highest BCUT2D eigenvalue weighted by Crippen LogP contribution is 2.28. The molecule has 10 heteroatoms. The molecule has 1 amide bonds. The van der Waals surface area contributed by atoms with Crippen molar-refractivity contribution in [2.24, 2.45) is 0 Å². The average Bonchev–Trinajstić information content (AvgIpc) is 2.84. The zero-order chi connectivity index (χ0) is 16.1. The third kappa shape index (κ3) is 5.06. The molecule has 22 heavy (non-hydrogen) atoms. The van der Waals surface area contributed by atoms with Crippen LogP contribution in [0.25, 0.3) is 0 Å². The molecule has 2 rings (SSSR count). The molecule has 0 unspecified atom stereocenters. The van der Waals surface area contributed by atoms with Gasteiger partial charge in [-0.2, -0.15) is 0 Å². The fraction of sp³-hybridized carbons (Fsp3) is 0.167. The Morgan fingerprint density at radius 3 is 2.86 bits per heavy atom. The lowest BCUT2D eigenvalue weighted by Crippen LogP contribution is -2.32.